The summed E-state index contributed by atoms with van der Waals surface area (Å²) in [7, 11) is 0. The van der Waals surface area contributed by atoms with Crippen molar-refractivity contribution in [1.82, 2.24) is 4.98 Å². The van der Waals surface area contributed by atoms with Crippen LogP contribution in [-0.4, -0.2) is 16.5 Å². The second kappa shape index (κ2) is 6.73. The van der Waals surface area contributed by atoms with Crippen LogP contribution in [0.1, 0.15) is 35.0 Å². The number of benzene rings is 1. The molecular weight excluding hydrogens is 276 g/mol. The highest BCUT2D eigenvalue weighted by Gasteiger charge is 2.17. The zero-order valence-electron chi connectivity index (χ0n) is 10.8. The molecule has 0 aliphatic heterocycles. The standard InChI is InChI=1S/C14H16N2OS2/c1-2-3-9-18-14-16-13(15)12(19-14)11(17)10-7-5-4-6-8-10/h4-8H,2-3,9,15H2,1H3. The third kappa shape index (κ3) is 3.58. The average molecular weight is 292 g/mol. The number of hydrogen-bond donors (Lipinski definition) is 1. The molecule has 0 saturated carbocycles. The molecule has 2 rings (SSSR count). The Bertz CT molecular complexity index is 552. The molecular formula is C14H16N2OS2. The highest BCUT2D eigenvalue weighted by atomic mass is 32.2. The number of nitrogens with two attached hydrogens (primary N) is 1. The van der Waals surface area contributed by atoms with E-state index in [0.29, 0.717) is 16.3 Å². The molecule has 0 radical (unpaired) electrons. The van der Waals surface area contributed by atoms with Crippen molar-refractivity contribution in [2.75, 3.05) is 11.5 Å². The maximum Gasteiger partial charge on any atom is 0.206 e. The van der Waals surface area contributed by atoms with E-state index in [-0.39, 0.29) is 5.78 Å². The molecule has 0 fully saturated rings. The summed E-state index contributed by atoms with van der Waals surface area (Å²) in [5.74, 6) is 1.32. The van der Waals surface area contributed by atoms with Gasteiger partial charge in [0.2, 0.25) is 5.78 Å². The number of anilines is 1. The lowest BCUT2D eigenvalue weighted by Gasteiger charge is -1.97. The molecule has 1 heterocycles. The van der Waals surface area contributed by atoms with Crippen molar-refractivity contribution in [3.05, 3.63) is 40.8 Å². The number of nitrogen functional groups attached to an aromatic ring is 1. The SMILES string of the molecule is CCCCSc1nc(N)c(C(=O)c2ccccc2)s1. The molecule has 0 saturated heterocycles. The first-order chi connectivity index (χ1) is 9.22. The van der Waals surface area contributed by atoms with Crippen LogP contribution in [0.2, 0.25) is 0 Å². The Labute approximate surface area is 121 Å². The van der Waals surface area contributed by atoms with Crippen LogP contribution in [0.25, 0.3) is 0 Å². The van der Waals surface area contributed by atoms with Crippen LogP contribution in [-0.2, 0) is 0 Å². The predicted molar refractivity (Wildman–Crippen MR) is 82.0 cm³/mol. The summed E-state index contributed by atoms with van der Waals surface area (Å²) in [4.78, 5) is 17.1. The summed E-state index contributed by atoms with van der Waals surface area (Å²) in [6, 6.07) is 9.18. The molecule has 19 heavy (non-hydrogen) atoms. The number of unbranched alkanes of at least 4 members (excludes halogenated alkanes) is 1. The van der Waals surface area contributed by atoms with E-state index in [1.165, 1.54) is 11.3 Å². The van der Waals surface area contributed by atoms with Gasteiger partial charge in [0.25, 0.3) is 0 Å². The van der Waals surface area contributed by atoms with Crippen LogP contribution in [0.5, 0.6) is 0 Å². The molecule has 0 aliphatic carbocycles. The van der Waals surface area contributed by atoms with Crippen LogP contribution in [0.3, 0.4) is 0 Å². The number of hydrogen-bond acceptors (Lipinski definition) is 5. The molecule has 5 heteroatoms. The number of carbonyl (C=O) groups is 1. The summed E-state index contributed by atoms with van der Waals surface area (Å²) in [5, 5.41) is 0. The van der Waals surface area contributed by atoms with E-state index in [2.05, 4.69) is 11.9 Å². The molecule has 0 spiro atoms. The topological polar surface area (TPSA) is 56.0 Å². The minimum Gasteiger partial charge on any atom is -0.382 e. The second-order valence-electron chi connectivity index (χ2n) is 4.09. The van der Waals surface area contributed by atoms with Gasteiger partial charge in [-0.15, -0.1) is 11.3 Å². The van der Waals surface area contributed by atoms with Gasteiger partial charge in [0.15, 0.2) is 4.34 Å². The monoisotopic (exact) mass is 292 g/mol. The van der Waals surface area contributed by atoms with Crippen molar-refractivity contribution >= 4 is 34.7 Å². The van der Waals surface area contributed by atoms with Crippen molar-refractivity contribution in [1.29, 1.82) is 0 Å². The number of aromatic nitrogens is 1. The van der Waals surface area contributed by atoms with Crippen LogP contribution in [0.15, 0.2) is 34.7 Å². The first kappa shape index (κ1) is 14.1. The van der Waals surface area contributed by atoms with Gasteiger partial charge in [-0.05, 0) is 6.42 Å². The number of thioether (sulfide) groups is 1. The van der Waals surface area contributed by atoms with Crippen molar-refractivity contribution in [2.45, 2.75) is 24.1 Å². The summed E-state index contributed by atoms with van der Waals surface area (Å²) < 4.78 is 0.880. The maximum absolute atomic E-state index is 12.3. The molecule has 100 valence electrons. The second-order valence-corrected chi connectivity index (χ2v) is 6.43. The Morgan fingerprint density at radius 1 is 1.37 bits per heavy atom. The zero-order valence-corrected chi connectivity index (χ0v) is 12.4. The van der Waals surface area contributed by atoms with Gasteiger partial charge in [0, 0.05) is 11.3 Å². The van der Waals surface area contributed by atoms with Crippen LogP contribution >= 0.6 is 23.1 Å². The highest BCUT2D eigenvalue weighted by molar-refractivity contribution is 8.01. The van der Waals surface area contributed by atoms with E-state index in [0.717, 1.165) is 22.9 Å². The van der Waals surface area contributed by atoms with Crippen LogP contribution < -0.4 is 5.73 Å². The number of ketones is 1. The molecule has 2 aromatic rings. The Balaban J connectivity index is 2.14. The molecule has 0 unspecified atom stereocenters. The lowest BCUT2D eigenvalue weighted by atomic mass is 10.1. The van der Waals surface area contributed by atoms with Crippen molar-refractivity contribution in [3.8, 4) is 0 Å². The number of thiazole rings is 1. The summed E-state index contributed by atoms with van der Waals surface area (Å²) in [5.41, 5.74) is 6.50. The third-order valence-corrected chi connectivity index (χ3v) is 4.90. The highest BCUT2D eigenvalue weighted by Crippen LogP contribution is 2.31. The van der Waals surface area contributed by atoms with E-state index in [1.807, 2.05) is 18.2 Å². The fraction of sp³-hybridized carbons (Fsp3) is 0.286. The van der Waals surface area contributed by atoms with Crippen LogP contribution in [0.4, 0.5) is 5.82 Å². The Kier molecular flexibility index (Phi) is 4.99. The molecule has 2 N–H and O–H groups in total. The Hall–Kier alpha value is -1.33. The quantitative estimate of drug-likeness (QED) is 0.499. The van der Waals surface area contributed by atoms with Gasteiger partial charge in [0.05, 0.1) is 0 Å². The fourth-order valence-corrected chi connectivity index (χ4v) is 3.75. The largest absolute Gasteiger partial charge is 0.382 e. The van der Waals surface area contributed by atoms with Crippen molar-refractivity contribution < 1.29 is 4.79 Å². The average Bonchev–Trinajstić information content (AvgIpc) is 2.80. The van der Waals surface area contributed by atoms with Gasteiger partial charge in [0.1, 0.15) is 10.7 Å². The first-order valence-corrected chi connectivity index (χ1v) is 8.01. The normalized spacial score (nSPS) is 10.6. The van der Waals surface area contributed by atoms with E-state index >= 15 is 0 Å². The van der Waals surface area contributed by atoms with E-state index in [4.69, 9.17) is 5.73 Å². The number of carbonyl (C=O) groups excluding carboxylic acids is 1. The molecule has 1 aromatic carbocycles. The fourth-order valence-electron chi connectivity index (χ4n) is 1.56. The molecule has 0 amide bonds. The van der Waals surface area contributed by atoms with E-state index < -0.39 is 0 Å². The summed E-state index contributed by atoms with van der Waals surface area (Å²) in [6.07, 6.45) is 2.30. The maximum atomic E-state index is 12.3. The van der Waals surface area contributed by atoms with Gasteiger partial charge in [-0.3, -0.25) is 4.79 Å². The predicted octanol–water partition coefficient (Wildman–Crippen LogP) is 3.85. The molecule has 0 aliphatic rings. The van der Waals surface area contributed by atoms with Gasteiger partial charge in [-0.1, -0.05) is 55.4 Å². The lowest BCUT2D eigenvalue weighted by molar-refractivity contribution is 0.104. The van der Waals surface area contributed by atoms with E-state index in [1.54, 1.807) is 23.9 Å². The Morgan fingerprint density at radius 2 is 2.11 bits per heavy atom. The first-order valence-electron chi connectivity index (χ1n) is 6.21. The minimum absolute atomic E-state index is 0.0436. The zero-order chi connectivity index (χ0) is 13.7. The van der Waals surface area contributed by atoms with Gasteiger partial charge in [-0.25, -0.2) is 4.98 Å². The number of rotatable bonds is 6. The summed E-state index contributed by atoms with van der Waals surface area (Å²) in [6.45, 7) is 2.15. The van der Waals surface area contributed by atoms with Crippen LogP contribution in [0, 0.1) is 0 Å². The lowest BCUT2D eigenvalue weighted by Crippen LogP contribution is -2.02. The molecule has 3 nitrogen and oxygen atoms in total. The smallest absolute Gasteiger partial charge is 0.206 e. The van der Waals surface area contributed by atoms with Crippen molar-refractivity contribution in [3.63, 3.8) is 0 Å². The molecule has 0 bridgehead atoms. The number of nitrogens with zero attached hydrogens (tertiary/aromatic N) is 1. The van der Waals surface area contributed by atoms with Gasteiger partial charge < -0.3 is 5.73 Å². The molecule has 1 aromatic heterocycles. The minimum atomic E-state index is -0.0436. The third-order valence-electron chi connectivity index (χ3n) is 2.60. The van der Waals surface area contributed by atoms with E-state index in [9.17, 15) is 4.79 Å². The summed E-state index contributed by atoms with van der Waals surface area (Å²) >= 11 is 3.06. The van der Waals surface area contributed by atoms with Gasteiger partial charge >= 0.3 is 0 Å². The van der Waals surface area contributed by atoms with Gasteiger partial charge in [-0.2, -0.15) is 0 Å². The van der Waals surface area contributed by atoms with Crippen molar-refractivity contribution in [2.24, 2.45) is 0 Å². The molecule has 0 atom stereocenters. The Morgan fingerprint density at radius 3 is 2.79 bits per heavy atom.